The van der Waals surface area contributed by atoms with Crippen molar-refractivity contribution in [1.82, 2.24) is 15.5 Å². The van der Waals surface area contributed by atoms with E-state index >= 15 is 0 Å². The topological polar surface area (TPSA) is 70.7 Å². The summed E-state index contributed by atoms with van der Waals surface area (Å²) in [6.45, 7) is 5.72. The minimum Gasteiger partial charge on any atom is -0.378 e. The molecule has 0 aromatic rings. The first-order valence-corrected chi connectivity index (χ1v) is 6.56. The van der Waals surface area contributed by atoms with Crippen LogP contribution in [0.1, 0.15) is 13.3 Å². The van der Waals surface area contributed by atoms with E-state index in [1.165, 1.54) is 0 Å². The monoisotopic (exact) mass is 255 g/mol. The Morgan fingerprint density at radius 1 is 1.39 bits per heavy atom. The average Bonchev–Trinajstić information content (AvgIpc) is 2.83. The number of carbonyl (C=O) groups is 2. The quantitative estimate of drug-likeness (QED) is 0.676. The van der Waals surface area contributed by atoms with Crippen LogP contribution in [0.4, 0.5) is 0 Å². The lowest BCUT2D eigenvalue weighted by atomic mass is 10.0. The molecule has 6 heteroatoms. The van der Waals surface area contributed by atoms with Crippen LogP contribution in [-0.4, -0.2) is 62.1 Å². The molecular weight excluding hydrogens is 234 g/mol. The molecule has 0 saturated carbocycles. The van der Waals surface area contributed by atoms with Gasteiger partial charge in [0.2, 0.25) is 11.8 Å². The zero-order valence-electron chi connectivity index (χ0n) is 10.8. The number of ether oxygens (including phenoxy) is 1. The summed E-state index contributed by atoms with van der Waals surface area (Å²) in [7, 11) is 0. The van der Waals surface area contributed by atoms with Gasteiger partial charge >= 0.3 is 0 Å². The molecule has 102 valence electrons. The first-order valence-electron chi connectivity index (χ1n) is 6.56. The van der Waals surface area contributed by atoms with Crippen LogP contribution >= 0.6 is 0 Å². The smallest absolute Gasteiger partial charge is 0.242 e. The van der Waals surface area contributed by atoms with E-state index in [-0.39, 0.29) is 30.4 Å². The molecule has 2 unspecified atom stereocenters. The lowest BCUT2D eigenvalue weighted by molar-refractivity contribution is -0.134. The first kappa shape index (κ1) is 13.3. The third kappa shape index (κ3) is 3.20. The molecule has 18 heavy (non-hydrogen) atoms. The van der Waals surface area contributed by atoms with Gasteiger partial charge in [-0.15, -0.1) is 0 Å². The number of hydrogen-bond donors (Lipinski definition) is 2. The molecule has 2 N–H and O–H groups in total. The molecule has 0 aromatic carbocycles. The van der Waals surface area contributed by atoms with E-state index in [4.69, 9.17) is 4.74 Å². The highest BCUT2D eigenvalue weighted by atomic mass is 16.5. The van der Waals surface area contributed by atoms with Crippen molar-refractivity contribution in [2.24, 2.45) is 5.92 Å². The molecule has 0 radical (unpaired) electrons. The van der Waals surface area contributed by atoms with Crippen molar-refractivity contribution < 1.29 is 14.3 Å². The summed E-state index contributed by atoms with van der Waals surface area (Å²) >= 11 is 0. The SMILES string of the molecule is CC1OCCC1C(=O)NCC(=O)N1CCNCC1. The maximum atomic E-state index is 11.9. The summed E-state index contributed by atoms with van der Waals surface area (Å²) in [5.41, 5.74) is 0. The lowest BCUT2D eigenvalue weighted by Gasteiger charge is -2.27. The molecular formula is C12H21N3O3. The number of amides is 2. The van der Waals surface area contributed by atoms with Crippen molar-refractivity contribution in [3.8, 4) is 0 Å². The fourth-order valence-electron chi connectivity index (χ4n) is 2.40. The highest BCUT2D eigenvalue weighted by Gasteiger charge is 2.31. The minimum atomic E-state index is -0.110. The Labute approximate surface area is 107 Å². The molecule has 2 heterocycles. The second-order valence-corrected chi connectivity index (χ2v) is 4.82. The third-order valence-corrected chi connectivity index (χ3v) is 3.60. The summed E-state index contributed by atoms with van der Waals surface area (Å²) in [4.78, 5) is 25.5. The van der Waals surface area contributed by atoms with Gasteiger partial charge in [0.1, 0.15) is 0 Å². The summed E-state index contributed by atoms with van der Waals surface area (Å²) in [6, 6.07) is 0. The second-order valence-electron chi connectivity index (χ2n) is 4.82. The van der Waals surface area contributed by atoms with Gasteiger partial charge in [-0.3, -0.25) is 9.59 Å². The van der Waals surface area contributed by atoms with Crippen LogP contribution in [0, 0.1) is 5.92 Å². The summed E-state index contributed by atoms with van der Waals surface area (Å²) in [5, 5.41) is 5.91. The Morgan fingerprint density at radius 2 is 2.11 bits per heavy atom. The number of rotatable bonds is 3. The van der Waals surface area contributed by atoms with E-state index in [1.54, 1.807) is 4.90 Å². The molecule has 2 amide bonds. The Balaban J connectivity index is 1.73. The van der Waals surface area contributed by atoms with Gasteiger partial charge in [0.05, 0.1) is 18.6 Å². The first-order chi connectivity index (χ1) is 8.68. The van der Waals surface area contributed by atoms with E-state index in [1.807, 2.05) is 6.92 Å². The fourth-order valence-corrected chi connectivity index (χ4v) is 2.40. The van der Waals surface area contributed by atoms with Gasteiger partial charge in [0, 0.05) is 32.8 Å². The normalized spacial score (nSPS) is 28.2. The van der Waals surface area contributed by atoms with E-state index in [9.17, 15) is 9.59 Å². The number of carbonyl (C=O) groups excluding carboxylic acids is 2. The maximum absolute atomic E-state index is 11.9. The zero-order valence-corrected chi connectivity index (χ0v) is 10.8. The largest absolute Gasteiger partial charge is 0.378 e. The number of hydrogen-bond acceptors (Lipinski definition) is 4. The summed E-state index contributed by atoms with van der Waals surface area (Å²) in [6.07, 6.45) is 0.703. The Kier molecular flexibility index (Phi) is 4.54. The summed E-state index contributed by atoms with van der Waals surface area (Å²) in [5.74, 6) is -0.180. The average molecular weight is 255 g/mol. The molecule has 2 aliphatic heterocycles. The molecule has 2 atom stereocenters. The van der Waals surface area contributed by atoms with Crippen LogP contribution in [0.15, 0.2) is 0 Å². The van der Waals surface area contributed by atoms with E-state index in [2.05, 4.69) is 10.6 Å². The Bertz CT molecular complexity index is 316. The van der Waals surface area contributed by atoms with Gasteiger partial charge < -0.3 is 20.3 Å². The number of nitrogens with one attached hydrogen (secondary N) is 2. The van der Waals surface area contributed by atoms with Crippen molar-refractivity contribution in [2.45, 2.75) is 19.4 Å². The molecule has 0 aliphatic carbocycles. The Morgan fingerprint density at radius 3 is 2.72 bits per heavy atom. The molecule has 2 saturated heterocycles. The molecule has 2 fully saturated rings. The summed E-state index contributed by atoms with van der Waals surface area (Å²) < 4.78 is 5.35. The standard InChI is InChI=1S/C12H21N3O3/c1-9-10(2-7-18-9)12(17)14-8-11(16)15-5-3-13-4-6-15/h9-10,13H,2-8H2,1H3,(H,14,17). The van der Waals surface area contributed by atoms with E-state index in [0.717, 1.165) is 32.6 Å². The highest BCUT2D eigenvalue weighted by molar-refractivity contribution is 5.86. The fraction of sp³-hybridized carbons (Fsp3) is 0.833. The van der Waals surface area contributed by atoms with Gasteiger partial charge in [0.15, 0.2) is 0 Å². The van der Waals surface area contributed by atoms with Crippen LogP contribution in [0.5, 0.6) is 0 Å². The third-order valence-electron chi connectivity index (χ3n) is 3.60. The van der Waals surface area contributed by atoms with E-state index in [0.29, 0.717) is 6.61 Å². The predicted molar refractivity (Wildman–Crippen MR) is 66.0 cm³/mol. The lowest BCUT2D eigenvalue weighted by Crippen LogP contribution is -2.50. The van der Waals surface area contributed by atoms with Gasteiger partial charge in [-0.25, -0.2) is 0 Å². The van der Waals surface area contributed by atoms with Gasteiger partial charge in [-0.2, -0.15) is 0 Å². The van der Waals surface area contributed by atoms with Crippen molar-refractivity contribution in [1.29, 1.82) is 0 Å². The van der Waals surface area contributed by atoms with Crippen molar-refractivity contribution in [2.75, 3.05) is 39.3 Å². The number of nitrogens with zero attached hydrogens (tertiary/aromatic N) is 1. The van der Waals surface area contributed by atoms with Gasteiger partial charge in [-0.1, -0.05) is 0 Å². The van der Waals surface area contributed by atoms with Crippen LogP contribution in [0.2, 0.25) is 0 Å². The zero-order chi connectivity index (χ0) is 13.0. The van der Waals surface area contributed by atoms with Crippen molar-refractivity contribution in [3.63, 3.8) is 0 Å². The van der Waals surface area contributed by atoms with E-state index < -0.39 is 0 Å². The Hall–Kier alpha value is -1.14. The van der Waals surface area contributed by atoms with Crippen LogP contribution in [-0.2, 0) is 14.3 Å². The molecule has 0 aromatic heterocycles. The van der Waals surface area contributed by atoms with Crippen LogP contribution in [0.25, 0.3) is 0 Å². The van der Waals surface area contributed by atoms with Gasteiger partial charge in [-0.05, 0) is 13.3 Å². The van der Waals surface area contributed by atoms with Crippen LogP contribution in [0.3, 0.4) is 0 Å². The van der Waals surface area contributed by atoms with Gasteiger partial charge in [0.25, 0.3) is 0 Å². The van der Waals surface area contributed by atoms with Crippen molar-refractivity contribution in [3.05, 3.63) is 0 Å². The highest BCUT2D eigenvalue weighted by Crippen LogP contribution is 2.20. The predicted octanol–water partition coefficient (Wildman–Crippen LogP) is -1.04. The molecule has 2 aliphatic rings. The molecule has 2 rings (SSSR count). The minimum absolute atomic E-state index is 0.00332. The number of piperazine rings is 1. The van der Waals surface area contributed by atoms with Crippen LogP contribution < -0.4 is 10.6 Å². The molecule has 6 nitrogen and oxygen atoms in total. The molecule has 0 bridgehead atoms. The maximum Gasteiger partial charge on any atom is 0.242 e. The molecule has 0 spiro atoms. The second kappa shape index (κ2) is 6.15. The van der Waals surface area contributed by atoms with Crippen molar-refractivity contribution >= 4 is 11.8 Å².